The number of pyridine rings is 1. The maximum Gasteiger partial charge on any atom is 0.260 e. The first-order valence-electron chi connectivity index (χ1n) is 9.34. The summed E-state index contributed by atoms with van der Waals surface area (Å²) in [5, 5.41) is 11.8. The molecule has 0 saturated carbocycles. The normalized spacial score (nSPS) is 15.2. The van der Waals surface area contributed by atoms with Gasteiger partial charge in [-0.25, -0.2) is 9.98 Å². The summed E-state index contributed by atoms with van der Waals surface area (Å²) in [6, 6.07) is 11.5. The zero-order valence-corrected chi connectivity index (χ0v) is 16.8. The first-order valence-corrected chi connectivity index (χ1v) is 9.71. The van der Waals surface area contributed by atoms with Crippen LogP contribution in [0, 0.1) is 10.1 Å². The van der Waals surface area contributed by atoms with E-state index in [1.807, 2.05) is 35.2 Å². The van der Waals surface area contributed by atoms with Crippen LogP contribution in [0.15, 0.2) is 47.6 Å². The Morgan fingerprint density at radius 1 is 1.21 bits per heavy atom. The number of hydrogen-bond donors (Lipinski definition) is 0. The second kappa shape index (κ2) is 9.01. The number of amidine groups is 1. The fourth-order valence-electron chi connectivity index (χ4n) is 3.19. The van der Waals surface area contributed by atoms with Crippen molar-refractivity contribution in [3.05, 3.63) is 63.3 Å². The van der Waals surface area contributed by atoms with Crippen molar-refractivity contribution in [3.63, 3.8) is 0 Å². The van der Waals surface area contributed by atoms with E-state index in [9.17, 15) is 10.1 Å². The second-order valence-electron chi connectivity index (χ2n) is 7.05. The van der Waals surface area contributed by atoms with E-state index in [1.165, 1.54) is 5.56 Å². The number of hydrogen-bond acceptors (Lipinski definition) is 5. The summed E-state index contributed by atoms with van der Waals surface area (Å²) in [5.74, 6) is 1.66. The SMILES string of the molecule is CC(C)c1ccc(N=C(C[N+](=O)[O-])N2CCN(c3ncccc3Cl)CC2)cc1. The van der Waals surface area contributed by atoms with Crippen LogP contribution >= 0.6 is 11.6 Å². The quantitative estimate of drug-likeness (QED) is 0.328. The Labute approximate surface area is 169 Å². The van der Waals surface area contributed by atoms with Crippen LogP contribution in [0.1, 0.15) is 25.3 Å². The molecule has 28 heavy (non-hydrogen) atoms. The maximum atomic E-state index is 11.2. The largest absolute Gasteiger partial charge is 0.352 e. The molecule has 0 bridgehead atoms. The summed E-state index contributed by atoms with van der Waals surface area (Å²) in [4.78, 5) is 23.8. The van der Waals surface area contributed by atoms with Crippen molar-refractivity contribution in [2.75, 3.05) is 37.6 Å². The maximum absolute atomic E-state index is 11.2. The number of anilines is 1. The van der Waals surface area contributed by atoms with Gasteiger partial charge >= 0.3 is 0 Å². The minimum Gasteiger partial charge on any atom is -0.352 e. The van der Waals surface area contributed by atoms with Gasteiger partial charge in [0, 0.05) is 37.3 Å². The zero-order chi connectivity index (χ0) is 20.1. The first kappa shape index (κ1) is 20.1. The molecule has 2 heterocycles. The Hall–Kier alpha value is -2.67. The van der Waals surface area contributed by atoms with Crippen LogP contribution in [0.2, 0.25) is 5.02 Å². The third-order valence-electron chi connectivity index (χ3n) is 4.77. The number of benzene rings is 1. The Morgan fingerprint density at radius 2 is 1.89 bits per heavy atom. The Morgan fingerprint density at radius 3 is 2.46 bits per heavy atom. The summed E-state index contributed by atoms with van der Waals surface area (Å²) < 4.78 is 0. The molecule has 7 nitrogen and oxygen atoms in total. The molecule has 3 rings (SSSR count). The highest BCUT2D eigenvalue weighted by Gasteiger charge is 2.24. The van der Waals surface area contributed by atoms with E-state index in [0.717, 1.165) is 11.5 Å². The van der Waals surface area contributed by atoms with Crippen LogP contribution in [0.5, 0.6) is 0 Å². The van der Waals surface area contributed by atoms with Gasteiger partial charge in [0.25, 0.3) is 6.54 Å². The van der Waals surface area contributed by atoms with Crippen molar-refractivity contribution in [2.24, 2.45) is 4.99 Å². The number of nitro groups is 1. The molecule has 1 aliphatic rings. The lowest BCUT2D eigenvalue weighted by Crippen LogP contribution is -2.50. The molecule has 0 radical (unpaired) electrons. The minimum atomic E-state index is -0.330. The van der Waals surface area contributed by atoms with Crippen molar-refractivity contribution >= 4 is 28.9 Å². The van der Waals surface area contributed by atoms with Gasteiger partial charge in [-0.15, -0.1) is 0 Å². The van der Waals surface area contributed by atoms with E-state index in [-0.39, 0.29) is 11.5 Å². The molecule has 8 heteroatoms. The molecule has 0 atom stereocenters. The van der Waals surface area contributed by atoms with E-state index in [0.29, 0.717) is 43.0 Å². The topological polar surface area (TPSA) is 74.9 Å². The molecule has 1 aromatic heterocycles. The van der Waals surface area contributed by atoms with Crippen LogP contribution in [0.25, 0.3) is 0 Å². The molecule has 0 aliphatic carbocycles. The van der Waals surface area contributed by atoms with Crippen molar-refractivity contribution in [3.8, 4) is 0 Å². The number of rotatable bonds is 5. The third kappa shape index (κ3) is 4.98. The molecular formula is C20H24ClN5O2. The highest BCUT2D eigenvalue weighted by molar-refractivity contribution is 6.32. The minimum absolute atomic E-state index is 0.295. The summed E-state index contributed by atoms with van der Waals surface area (Å²) in [6.07, 6.45) is 1.72. The molecule has 2 aromatic rings. The lowest BCUT2D eigenvalue weighted by Gasteiger charge is -2.36. The van der Waals surface area contributed by atoms with E-state index >= 15 is 0 Å². The Bertz CT molecular complexity index is 846. The Kier molecular flexibility index (Phi) is 6.46. The van der Waals surface area contributed by atoms with E-state index in [2.05, 4.69) is 28.7 Å². The van der Waals surface area contributed by atoms with Crippen LogP contribution in [-0.4, -0.2) is 53.4 Å². The van der Waals surface area contributed by atoms with E-state index in [1.54, 1.807) is 12.3 Å². The summed E-state index contributed by atoms with van der Waals surface area (Å²) in [6.45, 7) is 6.58. The number of nitrogens with zero attached hydrogens (tertiary/aromatic N) is 5. The van der Waals surface area contributed by atoms with Gasteiger partial charge in [0.1, 0.15) is 5.82 Å². The molecule has 1 aromatic carbocycles. The zero-order valence-electron chi connectivity index (χ0n) is 16.1. The van der Waals surface area contributed by atoms with Crippen LogP contribution in [0.3, 0.4) is 0 Å². The van der Waals surface area contributed by atoms with Gasteiger partial charge in [0.15, 0.2) is 5.84 Å². The number of halogens is 1. The van der Waals surface area contributed by atoms with Crippen molar-refractivity contribution in [1.29, 1.82) is 0 Å². The summed E-state index contributed by atoms with van der Waals surface area (Å²) >= 11 is 6.24. The molecule has 1 saturated heterocycles. The van der Waals surface area contributed by atoms with Gasteiger partial charge in [-0.3, -0.25) is 10.1 Å². The average Bonchev–Trinajstić information content (AvgIpc) is 2.68. The predicted molar refractivity (Wildman–Crippen MR) is 113 cm³/mol. The standard InChI is InChI=1S/C20H24ClN5O2/c1-15(2)16-5-7-17(8-6-16)23-19(14-26(27)28)24-10-12-25(13-11-24)20-18(21)4-3-9-22-20/h3-9,15H,10-14H2,1-2H3. The number of aliphatic imine (C=N–C) groups is 1. The molecular weight excluding hydrogens is 378 g/mol. The first-order chi connectivity index (χ1) is 13.4. The van der Waals surface area contributed by atoms with Gasteiger partial charge in [-0.2, -0.15) is 0 Å². The lowest BCUT2D eigenvalue weighted by molar-refractivity contribution is -0.464. The van der Waals surface area contributed by atoms with Crippen LogP contribution in [0.4, 0.5) is 11.5 Å². The number of piperazine rings is 1. The van der Waals surface area contributed by atoms with Crippen molar-refractivity contribution in [2.45, 2.75) is 19.8 Å². The molecule has 0 spiro atoms. The summed E-state index contributed by atoms with van der Waals surface area (Å²) in [7, 11) is 0. The number of aromatic nitrogens is 1. The highest BCUT2D eigenvalue weighted by Crippen LogP contribution is 2.24. The predicted octanol–water partition coefficient (Wildman–Crippen LogP) is 3.99. The van der Waals surface area contributed by atoms with Gasteiger partial charge in [-0.05, 0) is 35.7 Å². The van der Waals surface area contributed by atoms with Gasteiger partial charge in [-0.1, -0.05) is 37.6 Å². The van der Waals surface area contributed by atoms with Crippen LogP contribution in [-0.2, 0) is 0 Å². The smallest absolute Gasteiger partial charge is 0.260 e. The van der Waals surface area contributed by atoms with Crippen molar-refractivity contribution < 1.29 is 4.92 Å². The average molecular weight is 402 g/mol. The van der Waals surface area contributed by atoms with Crippen molar-refractivity contribution in [1.82, 2.24) is 9.88 Å². The molecule has 0 amide bonds. The Balaban J connectivity index is 1.74. The molecule has 148 valence electrons. The van der Waals surface area contributed by atoms with Gasteiger partial charge in [0.05, 0.1) is 10.7 Å². The van der Waals surface area contributed by atoms with Crippen LogP contribution < -0.4 is 4.90 Å². The van der Waals surface area contributed by atoms with Gasteiger partial charge < -0.3 is 9.80 Å². The molecule has 0 unspecified atom stereocenters. The van der Waals surface area contributed by atoms with Gasteiger partial charge in [0.2, 0.25) is 0 Å². The molecule has 0 N–H and O–H groups in total. The monoisotopic (exact) mass is 401 g/mol. The van der Waals surface area contributed by atoms with E-state index in [4.69, 9.17) is 11.6 Å². The third-order valence-corrected chi connectivity index (χ3v) is 5.07. The molecule has 1 aliphatic heterocycles. The highest BCUT2D eigenvalue weighted by atomic mass is 35.5. The molecule has 1 fully saturated rings. The fraction of sp³-hybridized carbons (Fsp3) is 0.400. The summed E-state index contributed by atoms with van der Waals surface area (Å²) in [5.41, 5.74) is 1.95. The second-order valence-corrected chi connectivity index (χ2v) is 7.46. The lowest BCUT2D eigenvalue weighted by atomic mass is 10.0. The van der Waals surface area contributed by atoms with E-state index < -0.39 is 0 Å². The fourth-order valence-corrected chi connectivity index (χ4v) is 3.43.